The molecule has 0 atom stereocenters. The van der Waals surface area contributed by atoms with Gasteiger partial charge in [-0.3, -0.25) is 0 Å². The second-order valence-corrected chi connectivity index (χ2v) is 4.85. The highest BCUT2D eigenvalue weighted by molar-refractivity contribution is 5.42. The van der Waals surface area contributed by atoms with Gasteiger partial charge in [0.15, 0.2) is 0 Å². The molecule has 0 aromatic rings. The summed E-state index contributed by atoms with van der Waals surface area (Å²) >= 11 is 0. The Morgan fingerprint density at radius 3 is 2.43 bits per heavy atom. The Bertz CT molecular complexity index is 287. The van der Waals surface area contributed by atoms with E-state index in [1.807, 2.05) is 6.08 Å². The Hall–Kier alpha value is -0.980. The smallest absolute Gasteiger partial charge is 0.0185 e. The molecule has 0 unspecified atom stereocenters. The standard InChI is InChI=1S/C13H21N/c1-6-7-12(13(3,4)5)11-8-9-14-10(11)2/h6-7,14H,1,8-9H2,2-5H3/b12-7+. The van der Waals surface area contributed by atoms with Crippen molar-refractivity contribution in [3.63, 3.8) is 0 Å². The third kappa shape index (κ3) is 2.28. The molecule has 0 saturated heterocycles. The fraction of sp³-hybridized carbons (Fsp3) is 0.538. The molecule has 0 saturated carbocycles. The van der Waals surface area contributed by atoms with Crippen molar-refractivity contribution >= 4 is 0 Å². The monoisotopic (exact) mass is 191 g/mol. The zero-order valence-corrected chi connectivity index (χ0v) is 9.78. The number of rotatable bonds is 2. The van der Waals surface area contributed by atoms with Crippen molar-refractivity contribution < 1.29 is 0 Å². The first-order valence-electron chi connectivity index (χ1n) is 5.24. The number of allylic oxidation sites excluding steroid dienone is 4. The van der Waals surface area contributed by atoms with Crippen LogP contribution in [0.2, 0.25) is 0 Å². The lowest BCUT2D eigenvalue weighted by Crippen LogP contribution is -2.11. The minimum absolute atomic E-state index is 0.205. The molecule has 0 radical (unpaired) electrons. The van der Waals surface area contributed by atoms with E-state index < -0.39 is 0 Å². The molecular weight excluding hydrogens is 170 g/mol. The quantitative estimate of drug-likeness (QED) is 0.659. The molecular formula is C13H21N. The summed E-state index contributed by atoms with van der Waals surface area (Å²) in [5.41, 5.74) is 4.41. The van der Waals surface area contributed by atoms with Crippen molar-refractivity contribution in [2.24, 2.45) is 5.41 Å². The first-order valence-corrected chi connectivity index (χ1v) is 5.24. The van der Waals surface area contributed by atoms with Crippen LogP contribution in [0.25, 0.3) is 0 Å². The van der Waals surface area contributed by atoms with Crippen LogP contribution in [0, 0.1) is 5.41 Å². The maximum Gasteiger partial charge on any atom is 0.0185 e. The summed E-state index contributed by atoms with van der Waals surface area (Å²) in [6.45, 7) is 13.8. The van der Waals surface area contributed by atoms with E-state index >= 15 is 0 Å². The Balaban J connectivity index is 3.07. The van der Waals surface area contributed by atoms with Crippen LogP contribution in [-0.2, 0) is 0 Å². The molecule has 0 amide bonds. The minimum Gasteiger partial charge on any atom is -0.388 e. The molecule has 1 N–H and O–H groups in total. The van der Waals surface area contributed by atoms with Gasteiger partial charge in [0.25, 0.3) is 0 Å². The Morgan fingerprint density at radius 1 is 1.43 bits per heavy atom. The van der Waals surface area contributed by atoms with Crippen molar-refractivity contribution in [3.8, 4) is 0 Å². The highest BCUT2D eigenvalue weighted by atomic mass is 14.9. The van der Waals surface area contributed by atoms with Crippen LogP contribution in [0.15, 0.2) is 35.6 Å². The molecule has 0 aromatic carbocycles. The van der Waals surface area contributed by atoms with Crippen LogP contribution in [0.4, 0.5) is 0 Å². The van der Waals surface area contributed by atoms with Gasteiger partial charge in [0.05, 0.1) is 0 Å². The van der Waals surface area contributed by atoms with Gasteiger partial charge < -0.3 is 5.32 Å². The van der Waals surface area contributed by atoms with E-state index in [0.717, 1.165) is 13.0 Å². The van der Waals surface area contributed by atoms with Gasteiger partial charge in [-0.05, 0) is 29.9 Å². The van der Waals surface area contributed by atoms with Gasteiger partial charge in [0.1, 0.15) is 0 Å². The van der Waals surface area contributed by atoms with Crippen molar-refractivity contribution in [1.82, 2.24) is 5.32 Å². The predicted molar refractivity (Wildman–Crippen MR) is 63.1 cm³/mol. The average molecular weight is 191 g/mol. The normalized spacial score (nSPS) is 18.4. The SMILES string of the molecule is C=C/C=C(\C1=C(C)NCC1)C(C)(C)C. The lowest BCUT2D eigenvalue weighted by atomic mass is 9.80. The number of hydrogen-bond donors (Lipinski definition) is 1. The lowest BCUT2D eigenvalue weighted by Gasteiger charge is -2.24. The molecule has 14 heavy (non-hydrogen) atoms. The van der Waals surface area contributed by atoms with E-state index in [-0.39, 0.29) is 5.41 Å². The second kappa shape index (κ2) is 4.04. The van der Waals surface area contributed by atoms with Crippen LogP contribution in [0.1, 0.15) is 34.1 Å². The minimum atomic E-state index is 0.205. The molecule has 0 aromatic heterocycles. The summed E-state index contributed by atoms with van der Waals surface area (Å²) < 4.78 is 0. The average Bonchev–Trinajstić information content (AvgIpc) is 2.45. The van der Waals surface area contributed by atoms with Crippen LogP contribution in [-0.4, -0.2) is 6.54 Å². The fourth-order valence-corrected chi connectivity index (χ4v) is 1.93. The molecule has 0 spiro atoms. The molecule has 1 nitrogen and oxygen atoms in total. The molecule has 0 aliphatic carbocycles. The maximum atomic E-state index is 3.79. The highest BCUT2D eigenvalue weighted by Gasteiger charge is 2.23. The lowest BCUT2D eigenvalue weighted by molar-refractivity contribution is 0.508. The summed E-state index contributed by atoms with van der Waals surface area (Å²) in [4.78, 5) is 0. The van der Waals surface area contributed by atoms with Crippen LogP contribution < -0.4 is 5.32 Å². The zero-order valence-electron chi connectivity index (χ0n) is 9.78. The number of hydrogen-bond acceptors (Lipinski definition) is 1. The number of nitrogens with one attached hydrogen (secondary N) is 1. The van der Waals surface area contributed by atoms with E-state index in [1.54, 1.807) is 0 Å². The third-order valence-electron chi connectivity index (χ3n) is 2.64. The zero-order chi connectivity index (χ0) is 10.8. The summed E-state index contributed by atoms with van der Waals surface area (Å²) in [6.07, 6.45) is 5.17. The molecule has 78 valence electrons. The van der Waals surface area contributed by atoms with Gasteiger partial charge in [-0.1, -0.05) is 39.5 Å². The molecule has 0 bridgehead atoms. The van der Waals surface area contributed by atoms with Gasteiger partial charge in [0.2, 0.25) is 0 Å². The molecule has 1 aliphatic rings. The van der Waals surface area contributed by atoms with Crippen LogP contribution >= 0.6 is 0 Å². The fourth-order valence-electron chi connectivity index (χ4n) is 1.93. The molecule has 1 aliphatic heterocycles. The van der Waals surface area contributed by atoms with Crippen LogP contribution in [0.5, 0.6) is 0 Å². The van der Waals surface area contributed by atoms with Crippen LogP contribution in [0.3, 0.4) is 0 Å². The topological polar surface area (TPSA) is 12.0 Å². The van der Waals surface area contributed by atoms with E-state index in [2.05, 4.69) is 45.7 Å². The van der Waals surface area contributed by atoms with E-state index in [1.165, 1.54) is 16.8 Å². The van der Waals surface area contributed by atoms with E-state index in [9.17, 15) is 0 Å². The van der Waals surface area contributed by atoms with Gasteiger partial charge in [-0.25, -0.2) is 0 Å². The summed E-state index contributed by atoms with van der Waals surface area (Å²) in [7, 11) is 0. The van der Waals surface area contributed by atoms with E-state index in [4.69, 9.17) is 0 Å². The first-order chi connectivity index (χ1) is 6.46. The summed E-state index contributed by atoms with van der Waals surface area (Å²) in [5.74, 6) is 0. The molecule has 1 heteroatoms. The Labute approximate surface area is 87.6 Å². The Kier molecular flexibility index (Phi) is 3.20. The maximum absolute atomic E-state index is 3.79. The Morgan fingerprint density at radius 2 is 2.07 bits per heavy atom. The third-order valence-corrected chi connectivity index (χ3v) is 2.64. The van der Waals surface area contributed by atoms with Gasteiger partial charge in [-0.2, -0.15) is 0 Å². The second-order valence-electron chi connectivity index (χ2n) is 4.85. The molecule has 1 rings (SSSR count). The molecule has 1 heterocycles. The highest BCUT2D eigenvalue weighted by Crippen LogP contribution is 2.35. The predicted octanol–water partition coefficient (Wildman–Crippen LogP) is 3.41. The van der Waals surface area contributed by atoms with Crippen molar-refractivity contribution in [3.05, 3.63) is 35.6 Å². The largest absolute Gasteiger partial charge is 0.388 e. The van der Waals surface area contributed by atoms with Crippen molar-refractivity contribution in [2.75, 3.05) is 6.54 Å². The molecule has 0 fully saturated rings. The van der Waals surface area contributed by atoms with Crippen molar-refractivity contribution in [2.45, 2.75) is 34.1 Å². The first kappa shape index (κ1) is 11.1. The van der Waals surface area contributed by atoms with Gasteiger partial charge in [-0.15, -0.1) is 0 Å². The van der Waals surface area contributed by atoms with E-state index in [0.29, 0.717) is 0 Å². The van der Waals surface area contributed by atoms with Crippen molar-refractivity contribution in [1.29, 1.82) is 0 Å². The van der Waals surface area contributed by atoms with Gasteiger partial charge in [0, 0.05) is 12.2 Å². The summed E-state index contributed by atoms with van der Waals surface area (Å²) in [5, 5.41) is 3.39. The summed E-state index contributed by atoms with van der Waals surface area (Å²) in [6, 6.07) is 0. The van der Waals surface area contributed by atoms with Gasteiger partial charge >= 0.3 is 0 Å².